The standard InChI is InChI=1S/C27H26N4O3S/c1-18-7-6-8-19(17-18)24(33)23-21-11-12-22(32)31(20-9-4-3-5-10-20)26(21)35-25(23)28-27(34)30-15-13-29(2)14-16-30/h3-12,17H,13-16H2,1-2H3,(H,28,34). The zero-order valence-corrected chi connectivity index (χ0v) is 20.5. The number of nitrogens with zero attached hydrogens (tertiary/aromatic N) is 3. The second-order valence-corrected chi connectivity index (χ2v) is 9.79. The number of aryl methyl sites for hydroxylation is 1. The Morgan fingerprint density at radius 1 is 0.914 bits per heavy atom. The van der Waals surface area contributed by atoms with Crippen molar-refractivity contribution in [2.75, 3.05) is 38.5 Å². The molecule has 1 fully saturated rings. The molecule has 178 valence electrons. The summed E-state index contributed by atoms with van der Waals surface area (Å²) in [5.74, 6) is -0.188. The van der Waals surface area contributed by atoms with Crippen molar-refractivity contribution in [3.8, 4) is 5.69 Å². The monoisotopic (exact) mass is 486 g/mol. The van der Waals surface area contributed by atoms with E-state index >= 15 is 0 Å². The molecule has 0 unspecified atom stereocenters. The third kappa shape index (κ3) is 4.50. The summed E-state index contributed by atoms with van der Waals surface area (Å²) < 4.78 is 1.60. The fourth-order valence-electron chi connectivity index (χ4n) is 4.33. The second kappa shape index (κ2) is 9.48. The number of carbonyl (C=O) groups excluding carboxylic acids is 2. The number of nitrogens with one attached hydrogen (secondary N) is 1. The molecule has 0 spiro atoms. The first-order valence-corrected chi connectivity index (χ1v) is 12.3. The molecule has 1 saturated heterocycles. The summed E-state index contributed by atoms with van der Waals surface area (Å²) in [7, 11) is 2.03. The van der Waals surface area contributed by atoms with Crippen LogP contribution in [0, 0.1) is 6.92 Å². The summed E-state index contributed by atoms with van der Waals surface area (Å²) in [5.41, 5.74) is 2.42. The van der Waals surface area contributed by atoms with Crippen molar-refractivity contribution >= 4 is 38.4 Å². The fourth-order valence-corrected chi connectivity index (χ4v) is 5.54. The number of anilines is 1. The maximum Gasteiger partial charge on any atom is 0.322 e. The fraction of sp³-hybridized carbons (Fsp3) is 0.222. The average Bonchev–Trinajstić information content (AvgIpc) is 3.22. The third-order valence-corrected chi connectivity index (χ3v) is 7.38. The molecular weight excluding hydrogens is 460 g/mol. The number of hydrogen-bond donors (Lipinski definition) is 1. The number of urea groups is 1. The Hall–Kier alpha value is -3.75. The molecule has 0 aliphatic carbocycles. The van der Waals surface area contributed by atoms with E-state index in [9.17, 15) is 14.4 Å². The number of likely N-dealkylation sites (N-methyl/N-ethyl adjacent to an activating group) is 1. The largest absolute Gasteiger partial charge is 0.322 e. The highest BCUT2D eigenvalue weighted by atomic mass is 32.1. The number of aromatic nitrogens is 1. The summed E-state index contributed by atoms with van der Waals surface area (Å²) in [6.07, 6.45) is 0. The minimum Gasteiger partial charge on any atom is -0.322 e. The Balaban J connectivity index is 1.65. The zero-order chi connectivity index (χ0) is 24.5. The second-order valence-electron chi connectivity index (χ2n) is 8.79. The van der Waals surface area contributed by atoms with Gasteiger partial charge in [0.15, 0.2) is 5.78 Å². The molecule has 0 bridgehead atoms. The lowest BCUT2D eigenvalue weighted by molar-refractivity contribution is 0.104. The lowest BCUT2D eigenvalue weighted by Crippen LogP contribution is -2.48. The van der Waals surface area contributed by atoms with E-state index in [1.807, 2.05) is 62.5 Å². The lowest BCUT2D eigenvalue weighted by Gasteiger charge is -2.32. The molecule has 35 heavy (non-hydrogen) atoms. The van der Waals surface area contributed by atoms with Crippen LogP contribution in [-0.4, -0.2) is 59.4 Å². The molecule has 0 saturated carbocycles. The molecule has 3 heterocycles. The van der Waals surface area contributed by atoms with Gasteiger partial charge in [0.1, 0.15) is 9.83 Å². The van der Waals surface area contributed by atoms with Crippen molar-refractivity contribution in [3.05, 3.63) is 93.8 Å². The van der Waals surface area contributed by atoms with Crippen molar-refractivity contribution in [3.63, 3.8) is 0 Å². The Morgan fingerprint density at radius 2 is 1.66 bits per heavy atom. The number of piperazine rings is 1. The first kappa shape index (κ1) is 23.0. The Kier molecular flexibility index (Phi) is 6.23. The van der Waals surface area contributed by atoms with Gasteiger partial charge in [0.05, 0.1) is 11.3 Å². The van der Waals surface area contributed by atoms with E-state index in [1.54, 1.807) is 21.6 Å². The summed E-state index contributed by atoms with van der Waals surface area (Å²) in [4.78, 5) is 44.4. The third-order valence-electron chi connectivity index (χ3n) is 6.27. The van der Waals surface area contributed by atoms with Crippen LogP contribution in [0.1, 0.15) is 21.5 Å². The molecule has 8 heteroatoms. The van der Waals surface area contributed by atoms with Gasteiger partial charge in [0.25, 0.3) is 5.56 Å². The van der Waals surface area contributed by atoms with Crippen molar-refractivity contribution in [2.24, 2.45) is 0 Å². The number of benzene rings is 2. The molecule has 1 N–H and O–H groups in total. The Labute approximate surface area is 207 Å². The van der Waals surface area contributed by atoms with E-state index in [1.165, 1.54) is 17.4 Å². The van der Waals surface area contributed by atoms with Gasteiger partial charge in [-0.05, 0) is 38.2 Å². The number of pyridine rings is 1. The zero-order valence-electron chi connectivity index (χ0n) is 19.7. The van der Waals surface area contributed by atoms with Gasteiger partial charge in [-0.1, -0.05) is 53.3 Å². The van der Waals surface area contributed by atoms with Crippen LogP contribution in [-0.2, 0) is 0 Å². The van der Waals surface area contributed by atoms with Gasteiger partial charge in [0, 0.05) is 43.2 Å². The van der Waals surface area contributed by atoms with E-state index in [0.29, 0.717) is 45.1 Å². The van der Waals surface area contributed by atoms with Crippen molar-refractivity contribution in [1.82, 2.24) is 14.4 Å². The summed E-state index contributed by atoms with van der Waals surface area (Å²) in [5, 5.41) is 4.09. The minimum atomic E-state index is -0.239. The summed E-state index contributed by atoms with van der Waals surface area (Å²) in [6.45, 7) is 4.75. The number of thiophene rings is 1. The van der Waals surface area contributed by atoms with Crippen LogP contribution in [0.5, 0.6) is 0 Å². The Bertz CT molecular complexity index is 1470. The minimum absolute atomic E-state index is 0.188. The summed E-state index contributed by atoms with van der Waals surface area (Å²) in [6, 6.07) is 19.6. The molecule has 1 aliphatic rings. The number of ketones is 1. The Morgan fingerprint density at radius 3 is 2.37 bits per heavy atom. The number of carbonyl (C=O) groups is 2. The number of para-hydroxylation sites is 1. The first-order chi connectivity index (χ1) is 16.9. The van der Waals surface area contributed by atoms with Gasteiger partial charge >= 0.3 is 6.03 Å². The van der Waals surface area contributed by atoms with Crippen LogP contribution in [0.4, 0.5) is 9.80 Å². The van der Waals surface area contributed by atoms with E-state index < -0.39 is 0 Å². The SMILES string of the molecule is Cc1cccc(C(=O)c2c(NC(=O)N3CCN(C)CC3)sc3c2ccc(=O)n3-c2ccccc2)c1. The van der Waals surface area contributed by atoms with E-state index in [4.69, 9.17) is 0 Å². The van der Waals surface area contributed by atoms with Crippen molar-refractivity contribution < 1.29 is 9.59 Å². The first-order valence-electron chi connectivity index (χ1n) is 11.5. The van der Waals surface area contributed by atoms with E-state index in [2.05, 4.69) is 10.2 Å². The lowest BCUT2D eigenvalue weighted by atomic mass is 10.0. The predicted molar refractivity (Wildman–Crippen MR) is 140 cm³/mol. The number of hydrogen-bond acceptors (Lipinski definition) is 5. The highest BCUT2D eigenvalue weighted by Gasteiger charge is 2.26. The number of fused-ring (bicyclic) bond motifs is 1. The number of rotatable bonds is 4. The molecule has 0 radical (unpaired) electrons. The maximum atomic E-state index is 13.8. The van der Waals surface area contributed by atoms with Crippen molar-refractivity contribution in [1.29, 1.82) is 0 Å². The molecule has 2 amide bonds. The predicted octanol–water partition coefficient (Wildman–Crippen LogP) is 4.37. The quantitative estimate of drug-likeness (QED) is 0.435. The van der Waals surface area contributed by atoms with Crippen LogP contribution in [0.2, 0.25) is 0 Å². The molecule has 1 aliphatic heterocycles. The van der Waals surface area contributed by atoms with Gasteiger partial charge < -0.3 is 9.80 Å². The normalized spacial score (nSPS) is 14.3. The van der Waals surface area contributed by atoms with Crippen LogP contribution >= 0.6 is 11.3 Å². The van der Waals surface area contributed by atoms with Crippen LogP contribution in [0.25, 0.3) is 15.9 Å². The molecule has 7 nitrogen and oxygen atoms in total. The van der Waals surface area contributed by atoms with Crippen molar-refractivity contribution in [2.45, 2.75) is 6.92 Å². The smallest absolute Gasteiger partial charge is 0.322 e. The molecule has 0 atom stereocenters. The van der Waals surface area contributed by atoms with Crippen LogP contribution in [0.3, 0.4) is 0 Å². The van der Waals surface area contributed by atoms with Gasteiger partial charge in [0.2, 0.25) is 0 Å². The average molecular weight is 487 g/mol. The van der Waals surface area contributed by atoms with Gasteiger partial charge in [-0.3, -0.25) is 19.5 Å². The number of amides is 2. The van der Waals surface area contributed by atoms with Crippen LogP contribution < -0.4 is 10.9 Å². The molecule has 4 aromatic rings. The van der Waals surface area contributed by atoms with Gasteiger partial charge in [-0.15, -0.1) is 0 Å². The molecule has 2 aromatic carbocycles. The van der Waals surface area contributed by atoms with Crippen LogP contribution in [0.15, 0.2) is 71.5 Å². The topological polar surface area (TPSA) is 74.7 Å². The highest BCUT2D eigenvalue weighted by Crippen LogP contribution is 2.38. The highest BCUT2D eigenvalue weighted by molar-refractivity contribution is 7.23. The molecule has 2 aromatic heterocycles. The van der Waals surface area contributed by atoms with E-state index in [-0.39, 0.29) is 17.4 Å². The maximum absolute atomic E-state index is 13.8. The van der Waals surface area contributed by atoms with E-state index in [0.717, 1.165) is 18.7 Å². The van der Waals surface area contributed by atoms with Gasteiger partial charge in [-0.2, -0.15) is 0 Å². The summed E-state index contributed by atoms with van der Waals surface area (Å²) >= 11 is 1.25. The van der Waals surface area contributed by atoms with Gasteiger partial charge in [-0.25, -0.2) is 4.79 Å². The molecule has 5 rings (SSSR count). The molecular formula is C27H26N4O3S.